The van der Waals surface area contributed by atoms with Crippen LogP contribution in [0.4, 0.5) is 0 Å². The number of hydrogen-bond donors (Lipinski definition) is 0. The summed E-state index contributed by atoms with van der Waals surface area (Å²) >= 11 is 0. The maximum Gasteiger partial charge on any atom is 0.306 e. The Bertz CT molecular complexity index is 1350. The lowest BCUT2D eigenvalue weighted by molar-refractivity contribution is -0.870. The fourth-order valence-corrected chi connectivity index (χ4v) is 7.78. The van der Waals surface area contributed by atoms with Gasteiger partial charge in [-0.15, -0.1) is 0 Å². The number of likely N-dealkylation sites (N-methyl/N-ethyl adjacent to an activating group) is 1. The monoisotopic (exact) mass is 946 g/mol. The Morgan fingerprint density at radius 2 is 0.848 bits per heavy atom. The minimum Gasteiger partial charge on any atom is -0.756 e. The molecule has 0 aliphatic heterocycles. The molecular weight excluding hydrogens is 846 g/mol. The third-order valence-electron chi connectivity index (χ3n) is 11.2. The van der Waals surface area contributed by atoms with Crippen LogP contribution in [0, 0.1) is 0 Å². The topological polar surface area (TPSA) is 111 Å². The minimum absolute atomic E-state index is 0.0505. The lowest BCUT2D eigenvalue weighted by Gasteiger charge is -2.28. The predicted molar refractivity (Wildman–Crippen MR) is 277 cm³/mol. The highest BCUT2D eigenvalue weighted by Gasteiger charge is 2.21. The van der Waals surface area contributed by atoms with Gasteiger partial charge in [-0.05, 0) is 70.6 Å². The summed E-state index contributed by atoms with van der Waals surface area (Å²) in [5, 5.41) is 0. The van der Waals surface area contributed by atoms with Gasteiger partial charge in [0.2, 0.25) is 0 Å². The van der Waals surface area contributed by atoms with Crippen LogP contribution in [0.25, 0.3) is 0 Å². The molecule has 0 aromatic rings. The summed E-state index contributed by atoms with van der Waals surface area (Å²) in [5.74, 6) is -0.967. The standard InChI is InChI=1S/C56H100NO8P/c1-6-8-10-12-14-16-18-20-22-24-26-27-28-29-31-32-34-36-38-40-42-44-46-48-55(58)62-52-54(53-64-66(60,61)63-51-50-57(3,4)5)65-56(59)49-47-45-43-41-39-37-35-33-30-25-23-21-19-17-15-13-11-9-7-2/h15,17,21,23,30,33,37,39-40,42-43,45,54H,6-14,16,18-20,22,24-29,31-32,34-36,38,41,44,46-53H2,1-5H3/b17-15+,23-21+,33-30+,39-37+,42-40+,45-43+/t54-/m1/s1. The molecule has 0 saturated heterocycles. The van der Waals surface area contributed by atoms with E-state index in [0.29, 0.717) is 23.9 Å². The number of phosphoric acid groups is 1. The Morgan fingerprint density at radius 1 is 0.470 bits per heavy atom. The van der Waals surface area contributed by atoms with Crippen molar-refractivity contribution in [3.63, 3.8) is 0 Å². The SMILES string of the molecule is CCCCC/C=C/C/C=C/C/C=C/C/C=C/C/C=C/CCC(=O)O[C@H](COC(=O)CCC/C=C/CCCCCCCCCCCCCCCCCCCC)COP(=O)([O-])OCC[N+](C)(C)C. The molecule has 0 fully saturated rings. The van der Waals surface area contributed by atoms with E-state index in [9.17, 15) is 19.0 Å². The third kappa shape index (κ3) is 50.9. The first-order chi connectivity index (χ1) is 32.0. The highest BCUT2D eigenvalue weighted by Crippen LogP contribution is 2.38. The van der Waals surface area contributed by atoms with Gasteiger partial charge in [0.05, 0.1) is 27.7 Å². The van der Waals surface area contributed by atoms with Crippen LogP contribution in [0.15, 0.2) is 72.9 Å². The van der Waals surface area contributed by atoms with E-state index in [1.165, 1.54) is 141 Å². The van der Waals surface area contributed by atoms with Crippen LogP contribution in [-0.4, -0.2) is 70.0 Å². The zero-order valence-electron chi connectivity index (χ0n) is 43.1. The number of carbonyl (C=O) groups excluding carboxylic acids is 2. The molecule has 2 atom stereocenters. The summed E-state index contributed by atoms with van der Waals surface area (Å²) in [7, 11) is 1.10. The molecule has 1 unspecified atom stereocenters. The molecular formula is C56H100NO8P. The van der Waals surface area contributed by atoms with Gasteiger partial charge in [-0.1, -0.05) is 209 Å². The van der Waals surface area contributed by atoms with E-state index in [-0.39, 0.29) is 26.1 Å². The predicted octanol–water partition coefficient (Wildman–Crippen LogP) is 15.5. The second kappa shape index (κ2) is 47.5. The Hall–Kier alpha value is -2.55. The van der Waals surface area contributed by atoms with Crippen molar-refractivity contribution in [1.82, 2.24) is 0 Å². The van der Waals surface area contributed by atoms with Gasteiger partial charge in [-0.25, -0.2) is 0 Å². The summed E-state index contributed by atoms with van der Waals surface area (Å²) in [4.78, 5) is 37.7. The number of hydrogen-bond acceptors (Lipinski definition) is 8. The molecule has 382 valence electrons. The van der Waals surface area contributed by atoms with Crippen molar-refractivity contribution in [3.05, 3.63) is 72.9 Å². The normalized spacial score (nSPS) is 14.0. The Kier molecular flexibility index (Phi) is 45.7. The molecule has 0 rings (SSSR count). The number of allylic oxidation sites excluding steroid dienone is 12. The van der Waals surface area contributed by atoms with Crippen LogP contribution in [0.2, 0.25) is 0 Å². The summed E-state index contributed by atoms with van der Waals surface area (Å²) in [6, 6.07) is 0. The Morgan fingerprint density at radius 3 is 1.32 bits per heavy atom. The summed E-state index contributed by atoms with van der Waals surface area (Å²) in [6.45, 7) is 4.10. The molecule has 0 spiro atoms. The number of carbonyl (C=O) groups is 2. The van der Waals surface area contributed by atoms with Crippen LogP contribution in [-0.2, 0) is 32.7 Å². The number of nitrogens with zero attached hydrogens (tertiary/aromatic N) is 1. The van der Waals surface area contributed by atoms with E-state index in [2.05, 4.69) is 74.6 Å². The Labute approximate surface area is 406 Å². The van der Waals surface area contributed by atoms with Crippen molar-refractivity contribution < 1.29 is 42.1 Å². The first-order valence-electron chi connectivity index (χ1n) is 26.6. The molecule has 9 nitrogen and oxygen atoms in total. The number of esters is 2. The molecule has 0 heterocycles. The molecule has 0 aliphatic rings. The fraction of sp³-hybridized carbons (Fsp3) is 0.750. The molecule has 0 saturated carbocycles. The van der Waals surface area contributed by atoms with Gasteiger partial charge in [0.15, 0.2) is 6.10 Å². The maximum absolute atomic E-state index is 12.7. The van der Waals surface area contributed by atoms with Gasteiger partial charge in [-0.3, -0.25) is 14.2 Å². The van der Waals surface area contributed by atoms with E-state index in [1.807, 2.05) is 33.3 Å². The van der Waals surface area contributed by atoms with Crippen LogP contribution in [0.3, 0.4) is 0 Å². The minimum atomic E-state index is -4.66. The van der Waals surface area contributed by atoms with Gasteiger partial charge >= 0.3 is 11.9 Å². The molecule has 0 radical (unpaired) electrons. The number of quaternary nitrogens is 1. The van der Waals surface area contributed by atoms with Crippen molar-refractivity contribution in [1.29, 1.82) is 0 Å². The average molecular weight is 946 g/mol. The Balaban J connectivity index is 4.34. The number of ether oxygens (including phenoxy) is 2. The van der Waals surface area contributed by atoms with Gasteiger partial charge < -0.3 is 27.9 Å². The summed E-state index contributed by atoms with van der Waals surface area (Å²) in [5.41, 5.74) is 0. The molecule has 0 aromatic heterocycles. The van der Waals surface area contributed by atoms with E-state index < -0.39 is 32.5 Å². The molecule has 0 bridgehead atoms. The van der Waals surface area contributed by atoms with E-state index in [1.54, 1.807) is 0 Å². The molecule has 0 aliphatic carbocycles. The van der Waals surface area contributed by atoms with Crippen LogP contribution < -0.4 is 4.89 Å². The second-order valence-corrected chi connectivity index (χ2v) is 20.3. The zero-order valence-corrected chi connectivity index (χ0v) is 44.0. The van der Waals surface area contributed by atoms with Crippen molar-refractivity contribution in [2.75, 3.05) is 47.5 Å². The maximum atomic E-state index is 12.7. The van der Waals surface area contributed by atoms with Crippen LogP contribution in [0.5, 0.6) is 0 Å². The van der Waals surface area contributed by atoms with Crippen molar-refractivity contribution in [3.8, 4) is 0 Å². The number of rotatable bonds is 48. The third-order valence-corrected chi connectivity index (χ3v) is 12.2. The second-order valence-electron chi connectivity index (χ2n) is 18.9. The van der Waals surface area contributed by atoms with E-state index in [4.69, 9.17) is 18.5 Å². The molecule has 0 N–H and O–H groups in total. The fourth-order valence-electron chi connectivity index (χ4n) is 7.05. The van der Waals surface area contributed by atoms with E-state index in [0.717, 1.165) is 38.5 Å². The van der Waals surface area contributed by atoms with Crippen molar-refractivity contribution in [2.24, 2.45) is 0 Å². The van der Waals surface area contributed by atoms with E-state index >= 15 is 0 Å². The summed E-state index contributed by atoms with van der Waals surface area (Å²) in [6.07, 6.45) is 61.1. The highest BCUT2D eigenvalue weighted by molar-refractivity contribution is 7.45. The van der Waals surface area contributed by atoms with Crippen LogP contribution in [0.1, 0.15) is 219 Å². The van der Waals surface area contributed by atoms with Gasteiger partial charge in [-0.2, -0.15) is 0 Å². The van der Waals surface area contributed by atoms with Crippen LogP contribution >= 0.6 is 7.82 Å². The average Bonchev–Trinajstić information content (AvgIpc) is 3.27. The van der Waals surface area contributed by atoms with Crippen molar-refractivity contribution in [2.45, 2.75) is 225 Å². The smallest absolute Gasteiger partial charge is 0.306 e. The molecule has 0 aromatic carbocycles. The highest BCUT2D eigenvalue weighted by atomic mass is 31.2. The van der Waals surface area contributed by atoms with Gasteiger partial charge in [0.1, 0.15) is 19.8 Å². The van der Waals surface area contributed by atoms with Crippen molar-refractivity contribution >= 4 is 19.8 Å². The first kappa shape index (κ1) is 63.5. The number of unbranched alkanes of at least 4 members (excludes halogenated alkanes) is 22. The molecule has 0 amide bonds. The summed E-state index contributed by atoms with van der Waals surface area (Å²) < 4.78 is 33.9. The van der Waals surface area contributed by atoms with Gasteiger partial charge in [0, 0.05) is 12.8 Å². The first-order valence-corrected chi connectivity index (χ1v) is 28.1. The lowest BCUT2D eigenvalue weighted by Crippen LogP contribution is -2.37. The quantitative estimate of drug-likeness (QED) is 0.0195. The molecule has 10 heteroatoms. The lowest BCUT2D eigenvalue weighted by atomic mass is 10.0. The molecule has 66 heavy (non-hydrogen) atoms. The largest absolute Gasteiger partial charge is 0.756 e. The zero-order chi connectivity index (χ0) is 48.5. The number of phosphoric ester groups is 1. The van der Waals surface area contributed by atoms with Gasteiger partial charge in [0.25, 0.3) is 7.82 Å².